The fourth-order valence-electron chi connectivity index (χ4n) is 2.81. The average Bonchev–Trinajstić information content (AvgIpc) is 2.78. The smallest absolute Gasteiger partial charge is 0.315 e. The number of rotatable bonds is 2. The quantitative estimate of drug-likeness (QED) is 0.859. The number of amides is 2. The van der Waals surface area contributed by atoms with Gasteiger partial charge in [0, 0.05) is 16.7 Å². The lowest BCUT2D eigenvalue weighted by molar-refractivity contribution is 0.233. The molecule has 1 aromatic carbocycles. The first kappa shape index (κ1) is 15.6. The SMILES string of the molecule is O=C(N[C@H]1CCS(=O)(=O)C1)N[C@H]1CCSc2ccc(F)cc21. The van der Waals surface area contributed by atoms with Crippen LogP contribution in [0.5, 0.6) is 0 Å². The van der Waals surface area contributed by atoms with Crippen molar-refractivity contribution in [3.63, 3.8) is 0 Å². The normalized spacial score (nSPS) is 26.2. The van der Waals surface area contributed by atoms with Gasteiger partial charge in [-0.3, -0.25) is 0 Å². The first-order valence-corrected chi connectivity index (χ1v) is 9.93. The van der Waals surface area contributed by atoms with Gasteiger partial charge in [-0.15, -0.1) is 11.8 Å². The van der Waals surface area contributed by atoms with Crippen LogP contribution in [0.25, 0.3) is 0 Å². The Hall–Kier alpha value is -1.28. The van der Waals surface area contributed by atoms with Crippen molar-refractivity contribution < 1.29 is 17.6 Å². The maximum atomic E-state index is 13.4. The van der Waals surface area contributed by atoms with E-state index in [1.807, 2.05) is 0 Å². The van der Waals surface area contributed by atoms with Gasteiger partial charge in [0.05, 0.1) is 17.5 Å². The number of carbonyl (C=O) groups is 1. The minimum Gasteiger partial charge on any atom is -0.334 e. The second kappa shape index (κ2) is 6.08. The van der Waals surface area contributed by atoms with Crippen LogP contribution in [0.1, 0.15) is 24.4 Å². The molecule has 0 spiro atoms. The Bertz CT molecular complexity index is 693. The van der Waals surface area contributed by atoms with Gasteiger partial charge in [-0.1, -0.05) is 0 Å². The van der Waals surface area contributed by atoms with Gasteiger partial charge >= 0.3 is 6.03 Å². The van der Waals surface area contributed by atoms with Crippen molar-refractivity contribution in [2.45, 2.75) is 29.8 Å². The summed E-state index contributed by atoms with van der Waals surface area (Å²) in [5.74, 6) is 0.634. The van der Waals surface area contributed by atoms with E-state index in [1.54, 1.807) is 17.8 Å². The van der Waals surface area contributed by atoms with E-state index in [2.05, 4.69) is 10.6 Å². The zero-order valence-electron chi connectivity index (χ0n) is 11.8. The molecule has 1 fully saturated rings. The van der Waals surface area contributed by atoms with Crippen LogP contribution >= 0.6 is 11.8 Å². The summed E-state index contributed by atoms with van der Waals surface area (Å²) in [6, 6.07) is 3.61. The molecule has 2 atom stereocenters. The lowest BCUT2D eigenvalue weighted by Gasteiger charge is -2.26. The third kappa shape index (κ3) is 3.55. The number of sulfone groups is 1. The Balaban J connectivity index is 1.64. The first-order valence-electron chi connectivity index (χ1n) is 7.13. The highest BCUT2D eigenvalue weighted by Crippen LogP contribution is 2.36. The highest BCUT2D eigenvalue weighted by molar-refractivity contribution is 7.99. The molecule has 0 saturated carbocycles. The Labute approximate surface area is 133 Å². The predicted molar refractivity (Wildman–Crippen MR) is 83.2 cm³/mol. The maximum absolute atomic E-state index is 13.4. The minimum atomic E-state index is -3.02. The second-order valence-corrected chi connectivity index (χ2v) is 8.96. The highest BCUT2D eigenvalue weighted by atomic mass is 32.2. The molecule has 120 valence electrons. The van der Waals surface area contributed by atoms with Crippen molar-refractivity contribution in [3.05, 3.63) is 29.6 Å². The topological polar surface area (TPSA) is 75.3 Å². The predicted octanol–water partition coefficient (Wildman–Crippen LogP) is 1.85. The summed E-state index contributed by atoms with van der Waals surface area (Å²) in [7, 11) is -3.02. The van der Waals surface area contributed by atoms with Crippen LogP contribution in [0.15, 0.2) is 23.1 Å². The largest absolute Gasteiger partial charge is 0.334 e. The fraction of sp³-hybridized carbons (Fsp3) is 0.500. The van der Waals surface area contributed by atoms with Gasteiger partial charge in [-0.25, -0.2) is 17.6 Å². The van der Waals surface area contributed by atoms with Gasteiger partial charge in [0.25, 0.3) is 0 Å². The number of fused-ring (bicyclic) bond motifs is 1. The molecular weight excluding hydrogens is 327 g/mol. The van der Waals surface area contributed by atoms with Gasteiger partial charge in [0.15, 0.2) is 9.84 Å². The van der Waals surface area contributed by atoms with Crippen LogP contribution in [0.2, 0.25) is 0 Å². The van der Waals surface area contributed by atoms with E-state index in [0.717, 1.165) is 22.6 Å². The van der Waals surface area contributed by atoms with E-state index in [1.165, 1.54) is 12.1 Å². The summed E-state index contributed by atoms with van der Waals surface area (Å²) < 4.78 is 36.2. The van der Waals surface area contributed by atoms with Gasteiger partial charge in [-0.2, -0.15) is 0 Å². The standard InChI is InChI=1S/C14H17FN2O3S2/c15-9-1-2-13-11(7-9)12(3-5-21-13)17-14(18)16-10-4-6-22(19,20)8-10/h1-2,7,10,12H,3-6,8H2,(H2,16,17,18)/t10-,12-/m0/s1. The molecule has 1 aromatic rings. The zero-order chi connectivity index (χ0) is 15.7. The number of benzene rings is 1. The number of nitrogens with one attached hydrogen (secondary N) is 2. The minimum absolute atomic E-state index is 0.00778. The van der Waals surface area contributed by atoms with Crippen LogP contribution in [-0.2, 0) is 9.84 Å². The molecule has 0 radical (unpaired) electrons. The van der Waals surface area contributed by atoms with Crippen LogP contribution in [0.4, 0.5) is 9.18 Å². The van der Waals surface area contributed by atoms with Gasteiger partial charge in [-0.05, 0) is 36.6 Å². The Morgan fingerprint density at radius 3 is 2.82 bits per heavy atom. The molecule has 22 heavy (non-hydrogen) atoms. The fourth-order valence-corrected chi connectivity index (χ4v) is 5.59. The molecule has 0 aromatic heterocycles. The molecule has 0 aliphatic carbocycles. The molecule has 2 amide bonds. The third-order valence-corrected chi connectivity index (χ3v) is 6.77. The summed E-state index contributed by atoms with van der Waals surface area (Å²) in [6.45, 7) is 0. The van der Waals surface area contributed by atoms with Crippen molar-refractivity contribution in [3.8, 4) is 0 Å². The number of thioether (sulfide) groups is 1. The van der Waals surface area contributed by atoms with Crippen molar-refractivity contribution in [2.75, 3.05) is 17.3 Å². The maximum Gasteiger partial charge on any atom is 0.315 e. The second-order valence-electron chi connectivity index (χ2n) is 5.59. The molecule has 2 aliphatic heterocycles. The molecular formula is C14H17FN2O3S2. The van der Waals surface area contributed by atoms with E-state index in [0.29, 0.717) is 6.42 Å². The molecule has 0 bridgehead atoms. The average molecular weight is 344 g/mol. The van der Waals surface area contributed by atoms with E-state index in [9.17, 15) is 17.6 Å². The Kier molecular flexibility index (Phi) is 4.31. The van der Waals surface area contributed by atoms with Crippen molar-refractivity contribution in [1.29, 1.82) is 0 Å². The molecule has 1 saturated heterocycles. The van der Waals surface area contributed by atoms with E-state index in [4.69, 9.17) is 0 Å². The summed E-state index contributed by atoms with van der Waals surface area (Å²) in [4.78, 5) is 13.0. The molecule has 8 heteroatoms. The first-order chi connectivity index (χ1) is 10.4. The third-order valence-electron chi connectivity index (χ3n) is 3.88. The number of halogens is 1. The van der Waals surface area contributed by atoms with Crippen LogP contribution in [-0.4, -0.2) is 37.7 Å². The monoisotopic (exact) mass is 344 g/mol. The van der Waals surface area contributed by atoms with E-state index in [-0.39, 0.29) is 29.4 Å². The summed E-state index contributed by atoms with van der Waals surface area (Å²) in [5, 5.41) is 5.53. The summed E-state index contributed by atoms with van der Waals surface area (Å²) >= 11 is 1.64. The van der Waals surface area contributed by atoms with E-state index < -0.39 is 15.9 Å². The van der Waals surface area contributed by atoms with Gasteiger partial charge < -0.3 is 10.6 Å². The lowest BCUT2D eigenvalue weighted by Crippen LogP contribution is -2.44. The molecule has 0 unspecified atom stereocenters. The summed E-state index contributed by atoms with van der Waals surface area (Å²) in [5.41, 5.74) is 0.783. The van der Waals surface area contributed by atoms with Gasteiger partial charge in [0.2, 0.25) is 0 Å². The molecule has 5 nitrogen and oxygen atoms in total. The molecule has 2 heterocycles. The number of hydrogen-bond donors (Lipinski definition) is 2. The number of hydrogen-bond acceptors (Lipinski definition) is 4. The van der Waals surface area contributed by atoms with Crippen LogP contribution in [0, 0.1) is 5.82 Å². The Morgan fingerprint density at radius 1 is 1.27 bits per heavy atom. The number of urea groups is 1. The molecule has 3 rings (SSSR count). The van der Waals surface area contributed by atoms with Crippen molar-refractivity contribution in [2.24, 2.45) is 0 Å². The van der Waals surface area contributed by atoms with Gasteiger partial charge in [0.1, 0.15) is 5.82 Å². The number of carbonyl (C=O) groups excluding carboxylic acids is 1. The van der Waals surface area contributed by atoms with Crippen molar-refractivity contribution in [1.82, 2.24) is 10.6 Å². The zero-order valence-corrected chi connectivity index (χ0v) is 13.5. The lowest BCUT2D eigenvalue weighted by atomic mass is 10.0. The molecule has 2 aliphatic rings. The highest BCUT2D eigenvalue weighted by Gasteiger charge is 2.30. The Morgan fingerprint density at radius 2 is 2.09 bits per heavy atom. The van der Waals surface area contributed by atoms with Crippen LogP contribution in [0.3, 0.4) is 0 Å². The van der Waals surface area contributed by atoms with Crippen molar-refractivity contribution >= 4 is 27.6 Å². The van der Waals surface area contributed by atoms with E-state index >= 15 is 0 Å². The summed E-state index contributed by atoms with van der Waals surface area (Å²) in [6.07, 6.45) is 1.17. The van der Waals surface area contributed by atoms with Crippen LogP contribution < -0.4 is 10.6 Å². The molecule has 2 N–H and O–H groups in total.